The minimum absolute atomic E-state index is 0.0910. The Hall–Kier alpha value is -4.83. The number of phosphoric acid groups is 2. The summed E-state index contributed by atoms with van der Waals surface area (Å²) in [6.07, 6.45) is 113. The zero-order valence-electron chi connectivity index (χ0n) is 72.7. The van der Waals surface area contributed by atoms with Gasteiger partial charge in [-0.3, -0.25) is 32.5 Å². The SMILES string of the molecule is CC/C=C\C/C=C\C/C=C\C/C=C\C/C=C\CCCCCCCCCCCCCCCCCCCC(=O)OCC(O)COP(=O)(O)OCC(O)COP(=O)(O)OCC(COC(=O)CCCCCCCCCCCCCCC/C=C\C/C=C\C/C=C\C/C=C\C/C=C\CC)OC(=O)CCCCCCCCC/C=C\C/C=C\C/C=C\CC. The van der Waals surface area contributed by atoms with E-state index in [0.717, 1.165) is 180 Å². The molecule has 4 N–H and O–H groups in total. The molecule has 0 saturated carbocycles. The summed E-state index contributed by atoms with van der Waals surface area (Å²) in [5.74, 6) is -1.58. The van der Waals surface area contributed by atoms with Gasteiger partial charge in [0.15, 0.2) is 6.10 Å². The predicted molar refractivity (Wildman–Crippen MR) is 482 cm³/mol. The molecule has 0 amide bonds. The number of aliphatic hydroxyl groups excluding tert-OH is 2. The van der Waals surface area contributed by atoms with Crippen molar-refractivity contribution in [1.29, 1.82) is 0 Å². The van der Waals surface area contributed by atoms with E-state index in [0.29, 0.717) is 19.3 Å². The molecule has 0 aromatic rings. The van der Waals surface area contributed by atoms with Gasteiger partial charge in [-0.25, -0.2) is 9.13 Å². The summed E-state index contributed by atoms with van der Waals surface area (Å²) < 4.78 is 61.4. The second-order valence-corrected chi connectivity index (χ2v) is 33.2. The Kier molecular flexibility index (Phi) is 84.7. The summed E-state index contributed by atoms with van der Waals surface area (Å²) in [5, 5.41) is 20.7. The van der Waals surface area contributed by atoms with Crippen LogP contribution in [0.25, 0.3) is 0 Å². The first-order valence-electron chi connectivity index (χ1n) is 45.8. The Bertz CT molecular complexity index is 2720. The van der Waals surface area contributed by atoms with Gasteiger partial charge >= 0.3 is 33.6 Å². The summed E-state index contributed by atoms with van der Waals surface area (Å²) in [6, 6.07) is 0. The largest absolute Gasteiger partial charge is 0.472 e. The minimum Gasteiger partial charge on any atom is -0.463 e. The molecule has 115 heavy (non-hydrogen) atoms. The molecule has 0 aliphatic carbocycles. The Morgan fingerprint density at radius 3 is 0.687 bits per heavy atom. The first-order chi connectivity index (χ1) is 56.2. The fraction of sp³-hybridized carbons (Fsp3) is 0.701. The molecule has 18 heteroatoms. The summed E-state index contributed by atoms with van der Waals surface area (Å²) in [5.41, 5.74) is 0. The highest BCUT2D eigenvalue weighted by molar-refractivity contribution is 7.47. The van der Waals surface area contributed by atoms with Crippen LogP contribution >= 0.6 is 15.6 Å². The van der Waals surface area contributed by atoms with Crippen molar-refractivity contribution in [2.75, 3.05) is 39.6 Å². The van der Waals surface area contributed by atoms with Crippen LogP contribution in [0.1, 0.15) is 380 Å². The van der Waals surface area contributed by atoms with Gasteiger partial charge in [0.2, 0.25) is 0 Å². The highest BCUT2D eigenvalue weighted by atomic mass is 31.2. The zero-order chi connectivity index (χ0) is 83.6. The Morgan fingerprint density at radius 1 is 0.243 bits per heavy atom. The monoisotopic (exact) mass is 1650 g/mol. The van der Waals surface area contributed by atoms with E-state index in [-0.39, 0.29) is 19.3 Å². The summed E-state index contributed by atoms with van der Waals surface area (Å²) in [4.78, 5) is 58.9. The Labute approximate surface area is 701 Å². The van der Waals surface area contributed by atoms with E-state index >= 15 is 0 Å². The predicted octanol–water partition coefficient (Wildman–Crippen LogP) is 28.1. The van der Waals surface area contributed by atoms with Gasteiger partial charge in [-0.05, 0) is 141 Å². The van der Waals surface area contributed by atoms with Gasteiger partial charge in [0.05, 0.1) is 26.4 Å². The second kappa shape index (κ2) is 88.5. The normalized spacial score (nSPS) is 14.5. The standard InChI is InChI=1S/C97H166O16P2/c1-4-7-10-13-16-19-22-25-28-31-33-35-37-39-41-43-44-45-46-48-50-51-53-55-57-60-62-65-68-71-74-77-80-83-95(100)107-86-92(98)87-109-114(103,104)110-88-93(99)89-111-115(105,106)112-91-94(113-97(102)85-82-79-76-73-70-67-64-59-30-27-24-21-18-15-12-9-6-3)90-108-96(101)84-81-78-75-72-69-66-63-61-58-56-54-52-49-47-42-40-38-36-34-32-29-26-23-20-17-14-11-8-5-2/h7-12,16-21,25-30,33-36,39-42,92-94,98-99H,4-6,13-15,22-24,31-32,37-38,43-91H2,1-3H3,(H,103,104)(H,105,106)/b10-7-,11-8-,12-9-,19-16-,20-17-,21-18-,28-25-,29-26-,30-27-,35-33-,36-34-,41-39-,42-40-. The van der Waals surface area contributed by atoms with Crippen molar-refractivity contribution in [3.8, 4) is 0 Å². The molecule has 5 atom stereocenters. The fourth-order valence-electron chi connectivity index (χ4n) is 12.4. The Morgan fingerprint density at radius 2 is 0.435 bits per heavy atom. The number of esters is 3. The van der Waals surface area contributed by atoms with Gasteiger partial charge < -0.3 is 34.2 Å². The van der Waals surface area contributed by atoms with Crippen LogP contribution in [-0.4, -0.2) is 95.9 Å². The van der Waals surface area contributed by atoms with Gasteiger partial charge in [0.1, 0.15) is 25.4 Å². The van der Waals surface area contributed by atoms with E-state index < -0.39 is 91.5 Å². The highest BCUT2D eigenvalue weighted by Gasteiger charge is 2.29. The number of hydrogen-bond acceptors (Lipinski definition) is 14. The second-order valence-electron chi connectivity index (χ2n) is 30.3. The maximum absolute atomic E-state index is 13.0. The number of phosphoric ester groups is 2. The fourth-order valence-corrected chi connectivity index (χ4v) is 14.0. The van der Waals surface area contributed by atoms with Crippen LogP contribution in [0.5, 0.6) is 0 Å². The van der Waals surface area contributed by atoms with E-state index in [1.54, 1.807) is 0 Å². The molecular formula is C97H166O16P2. The van der Waals surface area contributed by atoms with Crippen LogP contribution in [-0.2, 0) is 55.8 Å². The van der Waals surface area contributed by atoms with E-state index in [1.807, 2.05) is 0 Å². The Balaban J connectivity index is 4.49. The van der Waals surface area contributed by atoms with Crippen LogP contribution in [0.15, 0.2) is 158 Å². The first kappa shape index (κ1) is 110. The highest BCUT2D eigenvalue weighted by Crippen LogP contribution is 2.45. The molecule has 5 unspecified atom stereocenters. The maximum Gasteiger partial charge on any atom is 0.472 e. The van der Waals surface area contributed by atoms with Crippen LogP contribution in [0, 0.1) is 0 Å². The third-order valence-corrected chi connectivity index (χ3v) is 21.1. The molecule has 0 saturated heterocycles. The van der Waals surface area contributed by atoms with Crippen LogP contribution in [0.2, 0.25) is 0 Å². The van der Waals surface area contributed by atoms with Crippen LogP contribution < -0.4 is 0 Å². The molecule has 0 spiro atoms. The number of carbonyl (C=O) groups excluding carboxylic acids is 3. The number of allylic oxidation sites excluding steroid dienone is 26. The molecule has 16 nitrogen and oxygen atoms in total. The van der Waals surface area contributed by atoms with Crippen LogP contribution in [0.3, 0.4) is 0 Å². The number of aliphatic hydroxyl groups is 2. The number of rotatable bonds is 86. The average Bonchev–Trinajstić information content (AvgIpc) is 0.902. The number of carbonyl (C=O) groups is 3. The molecule has 0 heterocycles. The summed E-state index contributed by atoms with van der Waals surface area (Å²) in [7, 11) is -9.81. The molecule has 0 aliphatic rings. The smallest absolute Gasteiger partial charge is 0.463 e. The number of unbranched alkanes of at least 4 members (excludes halogenated alkanes) is 37. The van der Waals surface area contributed by atoms with Crippen molar-refractivity contribution in [2.24, 2.45) is 0 Å². The lowest BCUT2D eigenvalue weighted by atomic mass is 10.0. The average molecular weight is 1650 g/mol. The van der Waals surface area contributed by atoms with Crippen molar-refractivity contribution < 1.29 is 75.8 Å². The molecule has 0 rings (SSSR count). The van der Waals surface area contributed by atoms with E-state index in [9.17, 15) is 43.5 Å². The summed E-state index contributed by atoms with van der Waals surface area (Å²) in [6.45, 7) is 2.38. The van der Waals surface area contributed by atoms with Gasteiger partial charge in [-0.15, -0.1) is 0 Å². The van der Waals surface area contributed by atoms with Crippen molar-refractivity contribution >= 4 is 33.6 Å². The third-order valence-electron chi connectivity index (χ3n) is 19.2. The molecule has 660 valence electrons. The number of hydrogen-bond donors (Lipinski definition) is 4. The molecule has 0 bridgehead atoms. The minimum atomic E-state index is -4.94. The van der Waals surface area contributed by atoms with Crippen molar-refractivity contribution in [3.63, 3.8) is 0 Å². The molecule has 0 aliphatic heterocycles. The molecule has 0 aromatic heterocycles. The van der Waals surface area contributed by atoms with Gasteiger partial charge in [0.25, 0.3) is 0 Å². The van der Waals surface area contributed by atoms with Gasteiger partial charge in [0, 0.05) is 19.3 Å². The zero-order valence-corrected chi connectivity index (χ0v) is 74.5. The lowest BCUT2D eigenvalue weighted by Gasteiger charge is -2.21. The van der Waals surface area contributed by atoms with E-state index in [4.69, 9.17) is 32.3 Å². The molecule has 0 fully saturated rings. The maximum atomic E-state index is 13.0. The first-order valence-corrected chi connectivity index (χ1v) is 48.8. The van der Waals surface area contributed by atoms with Gasteiger partial charge in [-0.1, -0.05) is 378 Å². The van der Waals surface area contributed by atoms with E-state index in [2.05, 4.69) is 179 Å². The number of ether oxygens (including phenoxy) is 3. The quantitative estimate of drug-likeness (QED) is 0.0146. The molecular weight excluding hydrogens is 1480 g/mol. The lowest BCUT2D eigenvalue weighted by Crippen LogP contribution is -2.30. The van der Waals surface area contributed by atoms with E-state index in [1.165, 1.54) is 141 Å². The van der Waals surface area contributed by atoms with Crippen LogP contribution in [0.4, 0.5) is 0 Å². The van der Waals surface area contributed by atoms with Crippen molar-refractivity contribution in [1.82, 2.24) is 0 Å². The lowest BCUT2D eigenvalue weighted by molar-refractivity contribution is -0.161. The summed E-state index contributed by atoms with van der Waals surface area (Å²) >= 11 is 0. The van der Waals surface area contributed by atoms with Crippen molar-refractivity contribution in [3.05, 3.63) is 158 Å². The molecule has 0 radical (unpaired) electrons. The van der Waals surface area contributed by atoms with Crippen molar-refractivity contribution in [2.45, 2.75) is 399 Å². The third kappa shape index (κ3) is 89.8. The molecule has 0 aromatic carbocycles. The van der Waals surface area contributed by atoms with Gasteiger partial charge in [-0.2, -0.15) is 0 Å². The topological polar surface area (TPSA) is 231 Å².